The second-order valence-corrected chi connectivity index (χ2v) is 7.54. The molecule has 1 aliphatic heterocycles. The van der Waals surface area contributed by atoms with E-state index in [2.05, 4.69) is 0 Å². The Hall–Kier alpha value is -1.14. The minimum Gasteiger partial charge on any atom is -0.458 e. The molecule has 1 heterocycles. The second kappa shape index (κ2) is 5.57. The molecular weight excluding hydrogens is 276 g/mol. The van der Waals surface area contributed by atoms with E-state index in [1.54, 1.807) is 55.4 Å². The molecule has 0 aromatic carbocycles. The fourth-order valence-corrected chi connectivity index (χ4v) is 1.83. The summed E-state index contributed by atoms with van der Waals surface area (Å²) in [6, 6.07) is 0. The van der Waals surface area contributed by atoms with E-state index >= 15 is 0 Å². The molecule has 0 spiro atoms. The van der Waals surface area contributed by atoms with Crippen LogP contribution in [0.2, 0.25) is 0 Å². The number of rotatable bonds is 2. The Labute approximate surface area is 126 Å². The van der Waals surface area contributed by atoms with Gasteiger partial charge >= 0.3 is 11.9 Å². The lowest BCUT2D eigenvalue weighted by Gasteiger charge is -2.25. The molecule has 0 amide bonds. The number of carbonyl (C=O) groups excluding carboxylic acids is 2. The van der Waals surface area contributed by atoms with Gasteiger partial charge in [0.1, 0.15) is 11.2 Å². The molecule has 0 aliphatic carbocycles. The van der Waals surface area contributed by atoms with Crippen molar-refractivity contribution >= 4 is 11.9 Å². The molecule has 0 radical (unpaired) electrons. The summed E-state index contributed by atoms with van der Waals surface area (Å²) in [6.07, 6.45) is -2.26. The molecule has 6 heteroatoms. The number of esters is 2. The third-order valence-electron chi connectivity index (χ3n) is 2.37. The van der Waals surface area contributed by atoms with Crippen LogP contribution >= 0.6 is 0 Å². The zero-order valence-electron chi connectivity index (χ0n) is 14.1. The van der Waals surface area contributed by atoms with E-state index < -0.39 is 41.1 Å². The van der Waals surface area contributed by atoms with Gasteiger partial charge in [0.25, 0.3) is 0 Å². The first kappa shape index (κ1) is 17.9. The van der Waals surface area contributed by atoms with Crippen molar-refractivity contribution in [3.8, 4) is 0 Å². The fraction of sp³-hybridized carbons (Fsp3) is 0.867. The summed E-state index contributed by atoms with van der Waals surface area (Å²) < 4.78 is 21.6. The van der Waals surface area contributed by atoms with Gasteiger partial charge in [0.05, 0.1) is 0 Å². The van der Waals surface area contributed by atoms with Crippen molar-refractivity contribution in [1.29, 1.82) is 0 Å². The lowest BCUT2D eigenvalue weighted by Crippen LogP contribution is -2.43. The average Bonchev–Trinajstić information content (AvgIpc) is 2.49. The Kier molecular flexibility index (Phi) is 4.75. The molecule has 0 aromatic heterocycles. The van der Waals surface area contributed by atoms with Crippen LogP contribution in [0.25, 0.3) is 0 Å². The van der Waals surface area contributed by atoms with Crippen molar-refractivity contribution in [2.75, 3.05) is 0 Å². The summed E-state index contributed by atoms with van der Waals surface area (Å²) in [6.45, 7) is 13.7. The molecule has 0 N–H and O–H groups in total. The summed E-state index contributed by atoms with van der Waals surface area (Å²) in [5, 5.41) is 0. The first-order valence-electron chi connectivity index (χ1n) is 7.02. The Morgan fingerprint density at radius 1 is 0.810 bits per heavy atom. The highest BCUT2D eigenvalue weighted by Gasteiger charge is 2.51. The Balaban J connectivity index is 2.89. The van der Waals surface area contributed by atoms with Crippen molar-refractivity contribution in [3.63, 3.8) is 0 Å². The minimum atomic E-state index is -1.13. The van der Waals surface area contributed by atoms with Crippen molar-refractivity contribution in [2.45, 2.75) is 84.6 Å². The largest absolute Gasteiger partial charge is 0.458 e. The van der Waals surface area contributed by atoms with Gasteiger partial charge in [-0.15, -0.1) is 0 Å². The number of carbonyl (C=O) groups is 2. The minimum absolute atomic E-state index is 0.635. The van der Waals surface area contributed by atoms with Gasteiger partial charge in [-0.3, -0.25) is 0 Å². The predicted octanol–water partition coefficient (Wildman–Crippen LogP) is 2.19. The average molecular weight is 302 g/mol. The molecule has 0 saturated carbocycles. The molecule has 1 fully saturated rings. The van der Waals surface area contributed by atoms with Crippen LogP contribution in [-0.4, -0.2) is 41.1 Å². The summed E-state index contributed by atoms with van der Waals surface area (Å²) in [4.78, 5) is 24.4. The Morgan fingerprint density at radius 3 is 1.33 bits per heavy atom. The van der Waals surface area contributed by atoms with Gasteiger partial charge in [-0.1, -0.05) is 0 Å². The zero-order valence-corrected chi connectivity index (χ0v) is 14.1. The lowest BCUT2D eigenvalue weighted by molar-refractivity contribution is -0.180. The monoisotopic (exact) mass is 302 g/mol. The maximum Gasteiger partial charge on any atom is 0.339 e. The third-order valence-corrected chi connectivity index (χ3v) is 2.37. The van der Waals surface area contributed by atoms with E-state index in [9.17, 15) is 9.59 Å². The van der Waals surface area contributed by atoms with Crippen LogP contribution in [0.5, 0.6) is 0 Å². The molecule has 2 unspecified atom stereocenters. The summed E-state index contributed by atoms with van der Waals surface area (Å²) in [5.41, 5.74) is -1.35. The summed E-state index contributed by atoms with van der Waals surface area (Å²) >= 11 is 0. The van der Waals surface area contributed by atoms with Crippen molar-refractivity contribution in [2.24, 2.45) is 0 Å². The van der Waals surface area contributed by atoms with E-state index in [0.717, 1.165) is 0 Å². The van der Waals surface area contributed by atoms with E-state index in [-0.39, 0.29) is 0 Å². The van der Waals surface area contributed by atoms with Crippen molar-refractivity contribution in [3.05, 3.63) is 0 Å². The smallest absolute Gasteiger partial charge is 0.339 e. The predicted molar refractivity (Wildman–Crippen MR) is 75.5 cm³/mol. The van der Waals surface area contributed by atoms with Gasteiger partial charge in [0.15, 0.2) is 18.0 Å². The van der Waals surface area contributed by atoms with Gasteiger partial charge in [-0.25, -0.2) is 9.59 Å². The molecule has 122 valence electrons. The fourth-order valence-electron chi connectivity index (χ4n) is 1.83. The molecule has 6 nitrogen and oxygen atoms in total. The highest BCUT2D eigenvalue weighted by molar-refractivity contribution is 5.86. The molecule has 1 aliphatic rings. The topological polar surface area (TPSA) is 71.1 Å². The van der Waals surface area contributed by atoms with Crippen LogP contribution in [0.1, 0.15) is 55.4 Å². The van der Waals surface area contributed by atoms with E-state index in [1.807, 2.05) is 0 Å². The van der Waals surface area contributed by atoms with Gasteiger partial charge < -0.3 is 18.9 Å². The van der Waals surface area contributed by atoms with Crippen LogP contribution < -0.4 is 0 Å². The molecule has 1 saturated heterocycles. The van der Waals surface area contributed by atoms with Gasteiger partial charge in [-0.2, -0.15) is 0 Å². The molecule has 0 aromatic rings. The summed E-state index contributed by atoms with van der Waals surface area (Å²) in [7, 11) is 0. The quantitative estimate of drug-likeness (QED) is 0.728. The van der Waals surface area contributed by atoms with E-state index in [1.165, 1.54) is 0 Å². The Bertz CT molecular complexity index is 375. The Morgan fingerprint density at radius 2 is 1.10 bits per heavy atom. The highest BCUT2D eigenvalue weighted by Crippen LogP contribution is 2.31. The molecule has 1 rings (SSSR count). The van der Waals surface area contributed by atoms with E-state index in [0.29, 0.717) is 0 Å². The van der Waals surface area contributed by atoms with Crippen LogP contribution in [0.3, 0.4) is 0 Å². The maximum absolute atomic E-state index is 12.2. The van der Waals surface area contributed by atoms with Crippen molar-refractivity contribution in [1.82, 2.24) is 0 Å². The van der Waals surface area contributed by atoms with Crippen LogP contribution in [0, 0.1) is 0 Å². The number of hydrogen-bond acceptors (Lipinski definition) is 6. The zero-order chi connectivity index (χ0) is 16.6. The lowest BCUT2D eigenvalue weighted by atomic mass is 10.1. The van der Waals surface area contributed by atoms with Crippen LogP contribution in [0.15, 0.2) is 0 Å². The van der Waals surface area contributed by atoms with Gasteiger partial charge in [0.2, 0.25) is 0 Å². The second-order valence-electron chi connectivity index (χ2n) is 7.54. The summed E-state index contributed by atoms with van der Waals surface area (Å²) in [5.74, 6) is -2.32. The standard InChI is InChI=1S/C15H26O6/c1-13(2,3)20-11(16)9-10(19-15(7,8)18-9)12(17)21-14(4,5)6/h9-10H,1-8H3. The number of ether oxygens (including phenoxy) is 4. The number of hydrogen-bond donors (Lipinski definition) is 0. The van der Waals surface area contributed by atoms with Gasteiger partial charge in [-0.05, 0) is 55.4 Å². The van der Waals surface area contributed by atoms with E-state index in [4.69, 9.17) is 18.9 Å². The van der Waals surface area contributed by atoms with Crippen LogP contribution in [0.4, 0.5) is 0 Å². The van der Waals surface area contributed by atoms with Crippen LogP contribution in [-0.2, 0) is 28.5 Å². The highest BCUT2D eigenvalue weighted by atomic mass is 16.8. The molecule has 21 heavy (non-hydrogen) atoms. The SMILES string of the molecule is CC(C)(C)OC(=O)C1OC(C)(C)OC1C(=O)OC(C)(C)C. The van der Waals surface area contributed by atoms with Gasteiger partial charge in [0, 0.05) is 0 Å². The third kappa shape index (κ3) is 5.63. The normalized spacial score (nSPS) is 25.5. The first-order valence-corrected chi connectivity index (χ1v) is 7.02. The molecule has 2 atom stereocenters. The first-order chi connectivity index (χ1) is 9.20. The van der Waals surface area contributed by atoms with Crippen molar-refractivity contribution < 1.29 is 28.5 Å². The molecule has 0 bridgehead atoms. The maximum atomic E-state index is 12.2. The molecular formula is C15H26O6.